The van der Waals surface area contributed by atoms with E-state index in [2.05, 4.69) is 12.4 Å². The first-order valence-electron chi connectivity index (χ1n) is 6.03. The SMILES string of the molecule is CNCC1C2CCC3CC(C2)CC31. The minimum Gasteiger partial charge on any atom is -0.319 e. The van der Waals surface area contributed by atoms with Crippen molar-refractivity contribution in [3.8, 4) is 0 Å². The summed E-state index contributed by atoms with van der Waals surface area (Å²) in [5.41, 5.74) is 0. The highest BCUT2D eigenvalue weighted by molar-refractivity contribution is 5.00. The molecule has 0 saturated heterocycles. The zero-order chi connectivity index (χ0) is 8.84. The van der Waals surface area contributed by atoms with Crippen LogP contribution in [-0.2, 0) is 0 Å². The average Bonchev–Trinajstić information content (AvgIpc) is 2.33. The van der Waals surface area contributed by atoms with E-state index in [1.54, 1.807) is 32.1 Å². The van der Waals surface area contributed by atoms with E-state index in [1.165, 1.54) is 6.54 Å². The molecule has 3 bridgehead atoms. The van der Waals surface area contributed by atoms with Crippen LogP contribution in [0.5, 0.6) is 0 Å². The molecule has 0 aromatic rings. The quantitative estimate of drug-likeness (QED) is 0.685. The van der Waals surface area contributed by atoms with Gasteiger partial charge in [-0.25, -0.2) is 0 Å². The first-order chi connectivity index (χ1) is 6.38. The van der Waals surface area contributed by atoms with E-state index in [4.69, 9.17) is 0 Å². The predicted molar refractivity (Wildman–Crippen MR) is 54.5 cm³/mol. The maximum absolute atomic E-state index is 3.41. The Hall–Kier alpha value is -0.0400. The summed E-state index contributed by atoms with van der Waals surface area (Å²) in [6.07, 6.45) is 7.84. The van der Waals surface area contributed by atoms with Crippen LogP contribution >= 0.6 is 0 Å². The topological polar surface area (TPSA) is 12.0 Å². The summed E-state index contributed by atoms with van der Waals surface area (Å²) in [6.45, 7) is 1.29. The minimum absolute atomic E-state index is 1.04. The van der Waals surface area contributed by atoms with Crippen LogP contribution in [0.2, 0.25) is 0 Å². The third-order valence-corrected chi connectivity index (χ3v) is 4.99. The largest absolute Gasteiger partial charge is 0.319 e. The highest BCUT2D eigenvalue weighted by Gasteiger charge is 2.49. The number of nitrogens with one attached hydrogen (secondary N) is 1. The van der Waals surface area contributed by atoms with Gasteiger partial charge >= 0.3 is 0 Å². The fourth-order valence-electron chi connectivity index (χ4n) is 4.59. The summed E-state index contributed by atoms with van der Waals surface area (Å²) in [5, 5.41) is 3.41. The molecule has 3 saturated carbocycles. The summed E-state index contributed by atoms with van der Waals surface area (Å²) < 4.78 is 0. The molecule has 3 aliphatic carbocycles. The van der Waals surface area contributed by atoms with Gasteiger partial charge in [-0.1, -0.05) is 0 Å². The van der Waals surface area contributed by atoms with Crippen LogP contribution in [0, 0.1) is 29.6 Å². The zero-order valence-corrected chi connectivity index (χ0v) is 8.63. The van der Waals surface area contributed by atoms with Gasteiger partial charge in [0.25, 0.3) is 0 Å². The number of fused-ring (bicyclic) bond motifs is 2. The molecule has 0 heterocycles. The van der Waals surface area contributed by atoms with Gasteiger partial charge in [0.2, 0.25) is 0 Å². The van der Waals surface area contributed by atoms with Gasteiger partial charge in [0.15, 0.2) is 0 Å². The van der Waals surface area contributed by atoms with Crippen LogP contribution in [0.3, 0.4) is 0 Å². The second-order valence-electron chi connectivity index (χ2n) is 5.56. The van der Waals surface area contributed by atoms with Crippen LogP contribution < -0.4 is 5.32 Å². The molecule has 13 heavy (non-hydrogen) atoms. The first-order valence-corrected chi connectivity index (χ1v) is 6.03. The van der Waals surface area contributed by atoms with E-state index < -0.39 is 0 Å². The Kier molecular flexibility index (Phi) is 1.90. The smallest absolute Gasteiger partial charge is 0.00181 e. The van der Waals surface area contributed by atoms with Gasteiger partial charge in [-0.15, -0.1) is 0 Å². The highest BCUT2D eigenvalue weighted by Crippen LogP contribution is 2.57. The molecule has 0 amide bonds. The molecule has 0 radical (unpaired) electrons. The van der Waals surface area contributed by atoms with Gasteiger partial charge < -0.3 is 5.32 Å². The zero-order valence-electron chi connectivity index (χ0n) is 8.63. The summed E-state index contributed by atoms with van der Waals surface area (Å²) in [7, 11) is 2.12. The molecule has 0 aliphatic heterocycles. The Morgan fingerprint density at radius 3 is 2.69 bits per heavy atom. The van der Waals surface area contributed by atoms with Crippen LogP contribution in [0.4, 0.5) is 0 Å². The van der Waals surface area contributed by atoms with Gasteiger partial charge in [0.1, 0.15) is 0 Å². The van der Waals surface area contributed by atoms with Crippen LogP contribution in [0.25, 0.3) is 0 Å². The monoisotopic (exact) mass is 179 g/mol. The Morgan fingerprint density at radius 2 is 1.85 bits per heavy atom. The third-order valence-electron chi connectivity index (χ3n) is 4.99. The normalized spacial score (nSPS) is 52.8. The van der Waals surface area contributed by atoms with E-state index in [1.807, 2.05) is 0 Å². The van der Waals surface area contributed by atoms with E-state index in [-0.39, 0.29) is 0 Å². The molecule has 0 aromatic carbocycles. The maximum Gasteiger partial charge on any atom is -0.00181 e. The van der Waals surface area contributed by atoms with Crippen molar-refractivity contribution in [1.82, 2.24) is 5.32 Å². The molecule has 1 nitrogen and oxygen atoms in total. The summed E-state index contributed by atoms with van der Waals surface area (Å²) in [4.78, 5) is 0. The van der Waals surface area contributed by atoms with E-state index in [0.29, 0.717) is 0 Å². The number of hydrogen-bond donors (Lipinski definition) is 1. The molecular formula is C12H21N. The van der Waals surface area contributed by atoms with E-state index >= 15 is 0 Å². The summed E-state index contributed by atoms with van der Waals surface area (Å²) in [6, 6.07) is 0. The highest BCUT2D eigenvalue weighted by atomic mass is 14.8. The Bertz CT molecular complexity index is 201. The van der Waals surface area contributed by atoms with Gasteiger partial charge in [0, 0.05) is 0 Å². The summed E-state index contributed by atoms with van der Waals surface area (Å²) in [5.74, 6) is 5.51. The standard InChI is InChI=1S/C12H21N/c1-13-7-12-10-3-2-9-4-8(5-10)6-11(9)12/h8-13H,2-7H2,1H3. The molecule has 3 fully saturated rings. The fraction of sp³-hybridized carbons (Fsp3) is 1.00. The summed E-state index contributed by atoms with van der Waals surface area (Å²) >= 11 is 0. The van der Waals surface area contributed by atoms with Crippen molar-refractivity contribution in [3.63, 3.8) is 0 Å². The lowest BCUT2D eigenvalue weighted by Gasteiger charge is -2.42. The molecule has 0 aromatic heterocycles. The van der Waals surface area contributed by atoms with Crippen molar-refractivity contribution in [2.24, 2.45) is 29.6 Å². The Balaban J connectivity index is 1.82. The molecular weight excluding hydrogens is 158 g/mol. The van der Waals surface area contributed by atoms with Crippen molar-refractivity contribution in [2.75, 3.05) is 13.6 Å². The van der Waals surface area contributed by atoms with Crippen LogP contribution in [-0.4, -0.2) is 13.6 Å². The predicted octanol–water partition coefficient (Wildman–Crippen LogP) is 2.28. The van der Waals surface area contributed by atoms with Gasteiger partial charge in [-0.05, 0) is 75.3 Å². The number of hydrogen-bond acceptors (Lipinski definition) is 1. The molecule has 5 atom stereocenters. The van der Waals surface area contributed by atoms with Gasteiger partial charge in [0.05, 0.1) is 0 Å². The van der Waals surface area contributed by atoms with E-state index in [0.717, 1.165) is 29.6 Å². The van der Waals surface area contributed by atoms with E-state index in [9.17, 15) is 0 Å². The second kappa shape index (κ2) is 2.98. The van der Waals surface area contributed by atoms with Gasteiger partial charge in [-0.2, -0.15) is 0 Å². The first kappa shape index (κ1) is 8.28. The average molecular weight is 179 g/mol. The molecule has 3 rings (SSSR count). The molecule has 0 spiro atoms. The number of rotatable bonds is 2. The molecule has 5 unspecified atom stereocenters. The van der Waals surface area contributed by atoms with Crippen LogP contribution in [0.1, 0.15) is 32.1 Å². The fourth-order valence-corrected chi connectivity index (χ4v) is 4.59. The van der Waals surface area contributed by atoms with Crippen molar-refractivity contribution in [3.05, 3.63) is 0 Å². The van der Waals surface area contributed by atoms with Crippen molar-refractivity contribution in [1.29, 1.82) is 0 Å². The van der Waals surface area contributed by atoms with Crippen molar-refractivity contribution < 1.29 is 0 Å². The lowest BCUT2D eigenvalue weighted by Crippen LogP contribution is -2.39. The van der Waals surface area contributed by atoms with Crippen molar-refractivity contribution in [2.45, 2.75) is 32.1 Å². The minimum atomic E-state index is 1.04. The maximum atomic E-state index is 3.41. The molecule has 3 aliphatic rings. The molecule has 1 heteroatoms. The van der Waals surface area contributed by atoms with Crippen molar-refractivity contribution >= 4 is 0 Å². The third kappa shape index (κ3) is 1.16. The second-order valence-corrected chi connectivity index (χ2v) is 5.56. The lowest BCUT2D eigenvalue weighted by molar-refractivity contribution is 0.0831. The molecule has 74 valence electrons. The lowest BCUT2D eigenvalue weighted by atomic mass is 9.64. The van der Waals surface area contributed by atoms with Gasteiger partial charge in [-0.3, -0.25) is 0 Å². The Morgan fingerprint density at radius 1 is 1.08 bits per heavy atom. The molecule has 1 N–H and O–H groups in total. The van der Waals surface area contributed by atoms with Crippen LogP contribution in [0.15, 0.2) is 0 Å². The Labute approximate surface area is 81.3 Å².